The van der Waals surface area contributed by atoms with Crippen LogP contribution < -0.4 is 5.32 Å². The Morgan fingerprint density at radius 2 is 1.87 bits per heavy atom. The van der Waals surface area contributed by atoms with Gasteiger partial charge in [-0.1, -0.05) is 12.1 Å². The summed E-state index contributed by atoms with van der Waals surface area (Å²) in [5, 5.41) is 3.41. The highest BCUT2D eigenvalue weighted by Crippen LogP contribution is 2.14. The molecule has 0 aliphatic carbocycles. The van der Waals surface area contributed by atoms with E-state index in [1.54, 1.807) is 4.90 Å². The maximum atomic E-state index is 12.4. The molecular formula is C18H25N3O2. The number of piperidine rings is 1. The van der Waals surface area contributed by atoms with Crippen LogP contribution in [0.2, 0.25) is 0 Å². The van der Waals surface area contributed by atoms with Crippen LogP contribution in [0, 0.1) is 0 Å². The van der Waals surface area contributed by atoms with Gasteiger partial charge in [-0.15, -0.1) is 0 Å². The summed E-state index contributed by atoms with van der Waals surface area (Å²) in [5.74, 6) is 0.345. The normalized spacial score (nSPS) is 21.8. The van der Waals surface area contributed by atoms with Crippen molar-refractivity contribution in [2.45, 2.75) is 38.3 Å². The van der Waals surface area contributed by atoms with Crippen LogP contribution in [0.1, 0.15) is 41.6 Å². The topological polar surface area (TPSA) is 52.7 Å². The number of likely N-dealkylation sites (N-methyl/N-ethyl adjacent to an activating group) is 1. The van der Waals surface area contributed by atoms with Gasteiger partial charge in [-0.2, -0.15) is 0 Å². The fraction of sp³-hybridized carbons (Fsp3) is 0.556. The zero-order chi connectivity index (χ0) is 16.2. The summed E-state index contributed by atoms with van der Waals surface area (Å²) >= 11 is 0. The number of nitrogens with zero attached hydrogens (tertiary/aromatic N) is 2. The Bertz CT molecular complexity index is 564. The number of carbonyl (C=O) groups excluding carboxylic acids is 2. The van der Waals surface area contributed by atoms with Crippen LogP contribution in [0.5, 0.6) is 0 Å². The van der Waals surface area contributed by atoms with Crippen molar-refractivity contribution >= 4 is 11.8 Å². The summed E-state index contributed by atoms with van der Waals surface area (Å²) < 4.78 is 0. The largest absolute Gasteiger partial charge is 0.344 e. The maximum absolute atomic E-state index is 12.4. The standard InChI is InChI=1S/C18H25N3O2/c1-20-13-16(11-17(20)22)19-12-14-5-7-15(8-6-14)18(23)21-9-3-2-4-10-21/h5-8,16,19H,2-4,9-13H2,1H3/t16-/m1/s1. The van der Waals surface area contributed by atoms with Gasteiger partial charge in [-0.25, -0.2) is 0 Å². The third kappa shape index (κ3) is 3.91. The highest BCUT2D eigenvalue weighted by atomic mass is 16.2. The molecule has 0 unspecified atom stereocenters. The number of hydrogen-bond acceptors (Lipinski definition) is 3. The van der Waals surface area contributed by atoms with Crippen molar-refractivity contribution in [3.8, 4) is 0 Å². The lowest BCUT2D eigenvalue weighted by Crippen LogP contribution is -2.35. The van der Waals surface area contributed by atoms with Gasteiger partial charge in [0.25, 0.3) is 5.91 Å². The van der Waals surface area contributed by atoms with E-state index < -0.39 is 0 Å². The van der Waals surface area contributed by atoms with Gasteiger partial charge in [-0.05, 0) is 37.0 Å². The average Bonchev–Trinajstić information content (AvgIpc) is 2.92. The minimum absolute atomic E-state index is 0.146. The van der Waals surface area contributed by atoms with E-state index in [9.17, 15) is 9.59 Å². The Morgan fingerprint density at radius 3 is 2.48 bits per heavy atom. The molecular weight excluding hydrogens is 290 g/mol. The lowest BCUT2D eigenvalue weighted by atomic mass is 10.1. The van der Waals surface area contributed by atoms with Crippen LogP contribution in [0.4, 0.5) is 0 Å². The van der Waals surface area contributed by atoms with E-state index in [0.29, 0.717) is 6.42 Å². The Morgan fingerprint density at radius 1 is 1.17 bits per heavy atom. The first kappa shape index (κ1) is 16.0. The van der Waals surface area contributed by atoms with Gasteiger partial charge in [0.2, 0.25) is 5.91 Å². The van der Waals surface area contributed by atoms with E-state index in [0.717, 1.165) is 50.1 Å². The van der Waals surface area contributed by atoms with Crippen LogP contribution >= 0.6 is 0 Å². The minimum atomic E-state index is 0.146. The zero-order valence-corrected chi connectivity index (χ0v) is 13.8. The van der Waals surface area contributed by atoms with Gasteiger partial charge < -0.3 is 15.1 Å². The van der Waals surface area contributed by atoms with Crippen LogP contribution in [-0.4, -0.2) is 54.3 Å². The zero-order valence-electron chi connectivity index (χ0n) is 13.8. The van der Waals surface area contributed by atoms with E-state index in [-0.39, 0.29) is 17.9 Å². The molecule has 23 heavy (non-hydrogen) atoms. The number of benzene rings is 1. The van der Waals surface area contributed by atoms with Crippen molar-refractivity contribution < 1.29 is 9.59 Å². The first-order valence-corrected chi connectivity index (χ1v) is 8.49. The fourth-order valence-electron chi connectivity index (χ4n) is 3.31. The second-order valence-electron chi connectivity index (χ2n) is 6.61. The molecule has 0 radical (unpaired) electrons. The molecule has 0 aromatic heterocycles. The molecule has 0 spiro atoms. The van der Waals surface area contributed by atoms with Gasteiger partial charge in [0, 0.05) is 51.3 Å². The Hall–Kier alpha value is -1.88. The van der Waals surface area contributed by atoms with Gasteiger partial charge in [0.15, 0.2) is 0 Å². The third-order valence-corrected chi connectivity index (χ3v) is 4.78. The SMILES string of the molecule is CN1C[C@H](NCc2ccc(C(=O)N3CCCCC3)cc2)CC1=O. The molecule has 0 saturated carbocycles. The van der Waals surface area contributed by atoms with Gasteiger partial charge >= 0.3 is 0 Å². The average molecular weight is 315 g/mol. The number of rotatable bonds is 4. The van der Waals surface area contributed by atoms with Crippen molar-refractivity contribution in [1.29, 1.82) is 0 Å². The van der Waals surface area contributed by atoms with Crippen molar-refractivity contribution in [3.05, 3.63) is 35.4 Å². The summed E-state index contributed by atoms with van der Waals surface area (Å²) in [6, 6.07) is 8.07. The maximum Gasteiger partial charge on any atom is 0.253 e. The van der Waals surface area contributed by atoms with Crippen LogP contribution in [0.15, 0.2) is 24.3 Å². The lowest BCUT2D eigenvalue weighted by Gasteiger charge is -2.26. The van der Waals surface area contributed by atoms with Crippen LogP contribution in [-0.2, 0) is 11.3 Å². The van der Waals surface area contributed by atoms with Gasteiger partial charge in [0.1, 0.15) is 0 Å². The molecule has 2 amide bonds. The molecule has 5 nitrogen and oxygen atoms in total. The predicted molar refractivity (Wildman–Crippen MR) is 89.1 cm³/mol. The minimum Gasteiger partial charge on any atom is -0.344 e. The summed E-state index contributed by atoms with van der Waals surface area (Å²) in [6.07, 6.45) is 4.03. The smallest absolute Gasteiger partial charge is 0.253 e. The van der Waals surface area contributed by atoms with Crippen molar-refractivity contribution in [2.24, 2.45) is 0 Å². The number of amides is 2. The molecule has 2 aliphatic heterocycles. The number of nitrogens with one attached hydrogen (secondary N) is 1. The monoisotopic (exact) mass is 315 g/mol. The first-order chi connectivity index (χ1) is 11.1. The highest BCUT2D eigenvalue weighted by molar-refractivity contribution is 5.94. The second-order valence-corrected chi connectivity index (χ2v) is 6.61. The number of hydrogen-bond donors (Lipinski definition) is 1. The predicted octanol–water partition coefficient (Wildman–Crippen LogP) is 1.63. The molecule has 2 saturated heterocycles. The molecule has 1 N–H and O–H groups in total. The summed E-state index contributed by atoms with van der Waals surface area (Å²) in [4.78, 5) is 27.6. The first-order valence-electron chi connectivity index (χ1n) is 8.49. The Labute approximate surface area is 137 Å². The Kier molecular flexibility index (Phi) is 4.96. The fourth-order valence-corrected chi connectivity index (χ4v) is 3.31. The summed E-state index contributed by atoms with van der Waals surface area (Å²) in [5.41, 5.74) is 1.91. The molecule has 1 aromatic carbocycles. The van der Waals surface area contributed by atoms with Crippen LogP contribution in [0.3, 0.4) is 0 Å². The van der Waals surface area contributed by atoms with Crippen LogP contribution in [0.25, 0.3) is 0 Å². The molecule has 5 heteroatoms. The van der Waals surface area contributed by atoms with Gasteiger partial charge in [-0.3, -0.25) is 9.59 Å². The third-order valence-electron chi connectivity index (χ3n) is 4.78. The van der Waals surface area contributed by atoms with Crippen molar-refractivity contribution in [3.63, 3.8) is 0 Å². The molecule has 1 aromatic rings. The van der Waals surface area contributed by atoms with E-state index in [1.807, 2.05) is 36.2 Å². The Balaban J connectivity index is 1.52. The van der Waals surface area contributed by atoms with E-state index in [1.165, 1.54) is 6.42 Å². The van der Waals surface area contributed by atoms with Crippen molar-refractivity contribution in [1.82, 2.24) is 15.1 Å². The summed E-state index contributed by atoms with van der Waals surface area (Å²) in [7, 11) is 1.84. The number of likely N-dealkylation sites (tertiary alicyclic amines) is 2. The molecule has 2 fully saturated rings. The molecule has 3 rings (SSSR count). The second kappa shape index (κ2) is 7.13. The molecule has 1 atom stereocenters. The van der Waals surface area contributed by atoms with E-state index in [2.05, 4.69) is 5.32 Å². The lowest BCUT2D eigenvalue weighted by molar-refractivity contribution is -0.126. The molecule has 124 valence electrons. The molecule has 2 aliphatic rings. The van der Waals surface area contributed by atoms with E-state index >= 15 is 0 Å². The molecule has 0 bridgehead atoms. The number of carbonyl (C=O) groups is 2. The van der Waals surface area contributed by atoms with Gasteiger partial charge in [0.05, 0.1) is 0 Å². The van der Waals surface area contributed by atoms with E-state index in [4.69, 9.17) is 0 Å². The quantitative estimate of drug-likeness (QED) is 0.919. The molecule has 2 heterocycles. The highest BCUT2D eigenvalue weighted by Gasteiger charge is 2.26. The van der Waals surface area contributed by atoms with Crippen molar-refractivity contribution in [2.75, 3.05) is 26.7 Å². The summed E-state index contributed by atoms with van der Waals surface area (Å²) in [6.45, 7) is 3.26.